The summed E-state index contributed by atoms with van der Waals surface area (Å²) in [4.78, 5) is 2.61. The number of hydrogen-bond acceptors (Lipinski definition) is 2. The van der Waals surface area contributed by atoms with Crippen molar-refractivity contribution < 1.29 is 4.74 Å². The van der Waals surface area contributed by atoms with Crippen LogP contribution in [0.4, 0.5) is 0 Å². The van der Waals surface area contributed by atoms with Gasteiger partial charge >= 0.3 is 0 Å². The quantitative estimate of drug-likeness (QED) is 0.649. The fourth-order valence-electron chi connectivity index (χ4n) is 2.48. The third-order valence-corrected chi connectivity index (χ3v) is 3.97. The minimum atomic E-state index is 0. The number of rotatable bonds is 7. The Bertz CT molecular complexity index is 191. The van der Waals surface area contributed by atoms with Crippen LogP contribution in [0.2, 0.25) is 0 Å². The van der Waals surface area contributed by atoms with Gasteiger partial charge in [0.05, 0.1) is 6.10 Å². The molecule has 0 aromatic heterocycles. The standard InChI is InChI=1S/C15H31NO.In/c1-5-14(4)16-10-8-15(9-11-16)17-12-6-7-13(2)3;/h13-15H,5-12H2,1-4H3;. The fraction of sp³-hybridized carbons (Fsp3) is 1.00. The Hall–Kier alpha value is 0.790. The fourth-order valence-corrected chi connectivity index (χ4v) is 2.48. The largest absolute Gasteiger partial charge is 0.378 e. The second-order valence-corrected chi connectivity index (χ2v) is 5.90. The Kier molecular flexibility index (Phi) is 11.0. The zero-order chi connectivity index (χ0) is 12.7. The predicted octanol–water partition coefficient (Wildman–Crippen LogP) is 3.32. The van der Waals surface area contributed by atoms with Crippen LogP contribution in [-0.2, 0) is 4.74 Å². The van der Waals surface area contributed by atoms with Crippen LogP contribution in [0.25, 0.3) is 0 Å². The van der Waals surface area contributed by atoms with Gasteiger partial charge in [0.25, 0.3) is 0 Å². The first-order chi connectivity index (χ1) is 8.13. The molecule has 1 heterocycles. The molecule has 2 nitrogen and oxygen atoms in total. The first-order valence-electron chi connectivity index (χ1n) is 7.49. The van der Waals surface area contributed by atoms with Crippen LogP contribution < -0.4 is 0 Å². The molecule has 1 aliphatic heterocycles. The molecule has 3 radical (unpaired) electrons. The zero-order valence-electron chi connectivity index (χ0n) is 12.8. The van der Waals surface area contributed by atoms with Crippen molar-refractivity contribution in [3.05, 3.63) is 0 Å². The maximum absolute atomic E-state index is 5.97. The van der Waals surface area contributed by atoms with Gasteiger partial charge in [-0.05, 0) is 44.9 Å². The normalized spacial score (nSPS) is 19.8. The summed E-state index contributed by atoms with van der Waals surface area (Å²) in [5.41, 5.74) is 0. The molecule has 1 unspecified atom stereocenters. The molecule has 0 spiro atoms. The number of hydrogen-bond donors (Lipinski definition) is 0. The summed E-state index contributed by atoms with van der Waals surface area (Å²) in [5, 5.41) is 0. The number of piperidine rings is 1. The van der Waals surface area contributed by atoms with Crippen LogP contribution in [0.3, 0.4) is 0 Å². The van der Waals surface area contributed by atoms with Crippen LogP contribution in [-0.4, -0.2) is 62.6 Å². The monoisotopic (exact) mass is 356 g/mol. The van der Waals surface area contributed by atoms with Crippen LogP contribution in [0.1, 0.15) is 59.8 Å². The SMILES string of the molecule is CCC(C)N1CCC(OCCCC(C)C)CC1.[In]. The van der Waals surface area contributed by atoms with Crippen molar-refractivity contribution in [2.75, 3.05) is 19.7 Å². The molecule has 0 aliphatic carbocycles. The smallest absolute Gasteiger partial charge is 0.0599 e. The van der Waals surface area contributed by atoms with Crippen LogP contribution >= 0.6 is 0 Å². The summed E-state index contributed by atoms with van der Waals surface area (Å²) in [6, 6.07) is 0.747. The Morgan fingerprint density at radius 2 is 1.78 bits per heavy atom. The van der Waals surface area contributed by atoms with E-state index in [2.05, 4.69) is 32.6 Å². The van der Waals surface area contributed by atoms with Crippen molar-refractivity contribution >= 4 is 25.8 Å². The summed E-state index contributed by atoms with van der Waals surface area (Å²) in [6.45, 7) is 12.6. The van der Waals surface area contributed by atoms with Crippen LogP contribution in [0.5, 0.6) is 0 Å². The van der Waals surface area contributed by atoms with E-state index >= 15 is 0 Å². The van der Waals surface area contributed by atoms with Gasteiger partial charge in [0.15, 0.2) is 0 Å². The van der Waals surface area contributed by atoms with Gasteiger partial charge in [0.1, 0.15) is 0 Å². The molecular weight excluding hydrogens is 325 g/mol. The molecule has 0 aromatic carbocycles. The maximum atomic E-state index is 5.97. The molecule has 0 aromatic rings. The first-order valence-corrected chi connectivity index (χ1v) is 7.49. The minimum Gasteiger partial charge on any atom is -0.378 e. The van der Waals surface area contributed by atoms with E-state index < -0.39 is 0 Å². The third kappa shape index (κ3) is 7.40. The van der Waals surface area contributed by atoms with Gasteiger partial charge in [-0.3, -0.25) is 0 Å². The van der Waals surface area contributed by atoms with E-state index in [9.17, 15) is 0 Å². The van der Waals surface area contributed by atoms with Crippen LogP contribution in [0.15, 0.2) is 0 Å². The third-order valence-electron chi connectivity index (χ3n) is 3.97. The van der Waals surface area contributed by atoms with E-state index in [1.165, 1.54) is 45.2 Å². The topological polar surface area (TPSA) is 12.5 Å². The number of likely N-dealkylation sites (tertiary alicyclic amines) is 1. The van der Waals surface area contributed by atoms with Crippen molar-refractivity contribution in [2.45, 2.75) is 71.9 Å². The molecule has 1 fully saturated rings. The molecule has 1 rings (SSSR count). The first kappa shape index (κ1) is 18.8. The number of ether oxygens (including phenoxy) is 1. The molecule has 18 heavy (non-hydrogen) atoms. The van der Waals surface area contributed by atoms with Crippen molar-refractivity contribution in [3.8, 4) is 0 Å². The molecule has 0 saturated carbocycles. The van der Waals surface area contributed by atoms with Gasteiger partial charge in [-0.2, -0.15) is 0 Å². The van der Waals surface area contributed by atoms with Crippen molar-refractivity contribution in [2.24, 2.45) is 5.92 Å². The van der Waals surface area contributed by atoms with E-state index in [0.717, 1.165) is 18.6 Å². The van der Waals surface area contributed by atoms with Gasteiger partial charge < -0.3 is 9.64 Å². The maximum Gasteiger partial charge on any atom is 0.0599 e. The zero-order valence-corrected chi connectivity index (χ0v) is 16.1. The Balaban J connectivity index is 0.00000289. The second kappa shape index (κ2) is 10.6. The second-order valence-electron chi connectivity index (χ2n) is 5.90. The molecular formula is C15H31InNO. The minimum absolute atomic E-state index is 0. The Morgan fingerprint density at radius 3 is 2.28 bits per heavy atom. The summed E-state index contributed by atoms with van der Waals surface area (Å²) in [5.74, 6) is 0.811. The average molecular weight is 356 g/mol. The molecule has 0 bridgehead atoms. The molecule has 1 aliphatic rings. The van der Waals surface area contributed by atoms with E-state index in [4.69, 9.17) is 4.74 Å². The number of nitrogens with zero attached hydrogens (tertiary/aromatic N) is 1. The van der Waals surface area contributed by atoms with Crippen molar-refractivity contribution in [1.29, 1.82) is 0 Å². The van der Waals surface area contributed by atoms with Crippen molar-refractivity contribution in [3.63, 3.8) is 0 Å². The van der Waals surface area contributed by atoms with Gasteiger partial charge in [-0.25, -0.2) is 0 Å². The molecule has 1 saturated heterocycles. The van der Waals surface area contributed by atoms with Gasteiger partial charge in [-0.15, -0.1) is 0 Å². The summed E-state index contributed by atoms with van der Waals surface area (Å²) in [6.07, 6.45) is 6.77. The van der Waals surface area contributed by atoms with E-state index in [-0.39, 0.29) is 25.8 Å². The molecule has 3 heteroatoms. The van der Waals surface area contributed by atoms with E-state index in [1.54, 1.807) is 0 Å². The Labute approximate surface area is 133 Å². The summed E-state index contributed by atoms with van der Waals surface area (Å²) < 4.78 is 5.97. The van der Waals surface area contributed by atoms with Gasteiger partial charge in [0, 0.05) is 51.6 Å². The summed E-state index contributed by atoms with van der Waals surface area (Å²) >= 11 is 0. The van der Waals surface area contributed by atoms with E-state index in [0.29, 0.717) is 6.10 Å². The average Bonchev–Trinajstić information content (AvgIpc) is 2.34. The molecule has 0 N–H and O–H groups in total. The molecule has 105 valence electrons. The van der Waals surface area contributed by atoms with Crippen molar-refractivity contribution in [1.82, 2.24) is 4.90 Å². The molecule has 1 atom stereocenters. The van der Waals surface area contributed by atoms with Gasteiger partial charge in [-0.1, -0.05) is 20.8 Å². The molecule has 0 amide bonds. The van der Waals surface area contributed by atoms with Gasteiger partial charge in [0.2, 0.25) is 0 Å². The Morgan fingerprint density at radius 1 is 1.17 bits per heavy atom. The van der Waals surface area contributed by atoms with Crippen LogP contribution in [0, 0.1) is 5.92 Å². The van der Waals surface area contributed by atoms with E-state index in [1.807, 2.05) is 0 Å². The summed E-state index contributed by atoms with van der Waals surface area (Å²) in [7, 11) is 0. The predicted molar refractivity (Wildman–Crippen MR) is 80.1 cm³/mol.